The van der Waals surface area contributed by atoms with E-state index in [2.05, 4.69) is 9.89 Å². The molecule has 0 spiro atoms. The Kier molecular flexibility index (Phi) is 5.04. The lowest BCUT2D eigenvalue weighted by Crippen LogP contribution is -2.05. The molecule has 0 aliphatic heterocycles. The molecule has 3 nitrogen and oxygen atoms in total. The molecule has 0 aliphatic carbocycles. The maximum Gasteiger partial charge on any atom is 0.387 e. The molecule has 1 N–H and O–H groups in total. The molecule has 88 valence electrons. The summed E-state index contributed by atoms with van der Waals surface area (Å²) in [6.07, 6.45) is 1.87. The van der Waals surface area contributed by atoms with Crippen molar-refractivity contribution >= 4 is 17.5 Å². The number of hydrogen-bond donors (Lipinski definition) is 1. The zero-order valence-corrected chi connectivity index (χ0v) is 9.38. The fraction of sp³-hybridized carbons (Fsp3) is 0.300. The first kappa shape index (κ1) is 12.8. The van der Waals surface area contributed by atoms with Crippen molar-refractivity contribution < 1.29 is 18.7 Å². The Morgan fingerprint density at radius 3 is 2.50 bits per heavy atom. The van der Waals surface area contributed by atoms with Gasteiger partial charge in [-0.1, -0.05) is 5.16 Å². The molecule has 16 heavy (non-hydrogen) atoms. The van der Waals surface area contributed by atoms with Crippen molar-refractivity contribution in [3.63, 3.8) is 0 Å². The van der Waals surface area contributed by atoms with Gasteiger partial charge in [-0.25, -0.2) is 0 Å². The van der Waals surface area contributed by atoms with E-state index < -0.39 is 6.61 Å². The minimum Gasteiger partial charge on any atom is -0.435 e. The van der Waals surface area contributed by atoms with Gasteiger partial charge in [0, 0.05) is 11.3 Å². The predicted molar refractivity (Wildman–Crippen MR) is 59.8 cm³/mol. The highest BCUT2D eigenvalue weighted by Gasteiger charge is 2.06. The summed E-state index contributed by atoms with van der Waals surface area (Å²) in [6, 6.07) is 5.96. The summed E-state index contributed by atoms with van der Waals surface area (Å²) in [5, 5.41) is 11.9. The van der Waals surface area contributed by atoms with E-state index >= 15 is 0 Å². The van der Waals surface area contributed by atoms with Crippen molar-refractivity contribution in [1.82, 2.24) is 0 Å². The number of halogens is 2. The first-order valence-electron chi connectivity index (χ1n) is 4.42. The molecule has 0 fully saturated rings. The Morgan fingerprint density at radius 1 is 1.44 bits per heavy atom. The molecular weight excluding hydrogens is 236 g/mol. The van der Waals surface area contributed by atoms with Crippen LogP contribution in [0.2, 0.25) is 0 Å². The van der Waals surface area contributed by atoms with Crippen LogP contribution in [0.25, 0.3) is 0 Å². The summed E-state index contributed by atoms with van der Waals surface area (Å²) in [4.78, 5) is 0. The van der Waals surface area contributed by atoms with Crippen LogP contribution in [0.15, 0.2) is 29.4 Å². The molecule has 0 atom stereocenters. The second kappa shape index (κ2) is 6.32. The van der Waals surface area contributed by atoms with Crippen molar-refractivity contribution in [1.29, 1.82) is 0 Å². The van der Waals surface area contributed by atoms with Crippen LogP contribution in [-0.4, -0.2) is 29.5 Å². The smallest absolute Gasteiger partial charge is 0.387 e. The number of benzene rings is 1. The van der Waals surface area contributed by atoms with Gasteiger partial charge in [-0.3, -0.25) is 0 Å². The van der Waals surface area contributed by atoms with Gasteiger partial charge >= 0.3 is 6.61 Å². The molecule has 0 aliphatic rings. The quantitative estimate of drug-likeness (QED) is 0.494. The van der Waals surface area contributed by atoms with Gasteiger partial charge in [-0.05, 0) is 30.5 Å². The monoisotopic (exact) mass is 247 g/mol. The third-order valence-electron chi connectivity index (χ3n) is 1.81. The summed E-state index contributed by atoms with van der Waals surface area (Å²) >= 11 is 1.50. The average Bonchev–Trinajstić information content (AvgIpc) is 2.26. The number of rotatable bonds is 5. The van der Waals surface area contributed by atoms with Gasteiger partial charge in [0.1, 0.15) is 5.75 Å². The highest BCUT2D eigenvalue weighted by molar-refractivity contribution is 7.99. The van der Waals surface area contributed by atoms with Crippen LogP contribution in [0.5, 0.6) is 5.75 Å². The molecule has 0 bridgehead atoms. The van der Waals surface area contributed by atoms with E-state index in [4.69, 9.17) is 5.21 Å². The first-order valence-corrected chi connectivity index (χ1v) is 5.82. The van der Waals surface area contributed by atoms with Gasteiger partial charge in [0.05, 0.1) is 5.71 Å². The lowest BCUT2D eigenvalue weighted by Gasteiger charge is -2.06. The fourth-order valence-electron chi connectivity index (χ4n) is 1.14. The summed E-state index contributed by atoms with van der Waals surface area (Å²) in [7, 11) is 0. The van der Waals surface area contributed by atoms with E-state index in [-0.39, 0.29) is 5.75 Å². The molecule has 0 aromatic heterocycles. The van der Waals surface area contributed by atoms with Crippen molar-refractivity contribution in [2.75, 3.05) is 12.0 Å². The summed E-state index contributed by atoms with van der Waals surface area (Å²) in [5.41, 5.74) is 1.18. The summed E-state index contributed by atoms with van der Waals surface area (Å²) in [5.74, 6) is 0.631. The maximum atomic E-state index is 11.9. The topological polar surface area (TPSA) is 41.8 Å². The van der Waals surface area contributed by atoms with Crippen LogP contribution in [-0.2, 0) is 0 Å². The third kappa shape index (κ3) is 3.69. The van der Waals surface area contributed by atoms with Gasteiger partial charge in [-0.2, -0.15) is 20.5 Å². The summed E-state index contributed by atoms with van der Waals surface area (Å²) in [6.45, 7) is -2.83. The fourth-order valence-corrected chi connectivity index (χ4v) is 1.63. The van der Waals surface area contributed by atoms with Crippen molar-refractivity contribution in [3.05, 3.63) is 29.8 Å². The highest BCUT2D eigenvalue weighted by Crippen LogP contribution is 2.16. The zero-order chi connectivity index (χ0) is 12.0. The Bertz CT molecular complexity index is 354. The van der Waals surface area contributed by atoms with E-state index in [0.717, 1.165) is 0 Å². The Labute approximate surface area is 96.1 Å². The molecule has 1 aromatic rings. The second-order valence-corrected chi connectivity index (χ2v) is 3.75. The number of thioether (sulfide) groups is 1. The first-order chi connectivity index (χ1) is 7.67. The predicted octanol–water partition coefficient (Wildman–Crippen LogP) is 2.83. The molecule has 0 amide bonds. The number of hydrogen-bond acceptors (Lipinski definition) is 4. The molecule has 0 unspecified atom stereocenters. The van der Waals surface area contributed by atoms with E-state index in [1.165, 1.54) is 23.9 Å². The van der Waals surface area contributed by atoms with Crippen LogP contribution in [0.3, 0.4) is 0 Å². The van der Waals surface area contributed by atoms with E-state index in [9.17, 15) is 8.78 Å². The molecule has 0 saturated heterocycles. The molecule has 0 heterocycles. The van der Waals surface area contributed by atoms with Gasteiger partial charge in [0.15, 0.2) is 0 Å². The SMILES string of the molecule is CSCC(=NO)c1ccc(OC(F)F)cc1. The second-order valence-electron chi connectivity index (χ2n) is 2.88. The van der Waals surface area contributed by atoms with Gasteiger partial charge in [0.25, 0.3) is 0 Å². The number of oxime groups is 1. The van der Waals surface area contributed by atoms with Crippen molar-refractivity contribution in [3.8, 4) is 5.75 Å². The largest absolute Gasteiger partial charge is 0.435 e. The van der Waals surface area contributed by atoms with Gasteiger partial charge in [0.2, 0.25) is 0 Å². The van der Waals surface area contributed by atoms with Crippen LogP contribution in [0, 0.1) is 0 Å². The van der Waals surface area contributed by atoms with Gasteiger partial charge < -0.3 is 9.94 Å². The molecule has 1 aromatic carbocycles. The molecule has 0 radical (unpaired) electrons. The normalized spacial score (nSPS) is 11.9. The Hall–Kier alpha value is -1.30. The van der Waals surface area contributed by atoms with Crippen LogP contribution in [0.1, 0.15) is 5.56 Å². The van der Waals surface area contributed by atoms with E-state index in [1.54, 1.807) is 12.1 Å². The molecule has 0 saturated carbocycles. The summed E-state index contributed by atoms with van der Waals surface area (Å²) < 4.78 is 28.0. The molecule has 6 heteroatoms. The minimum atomic E-state index is -2.83. The van der Waals surface area contributed by atoms with Crippen LogP contribution >= 0.6 is 11.8 Å². The van der Waals surface area contributed by atoms with Crippen LogP contribution < -0.4 is 4.74 Å². The van der Waals surface area contributed by atoms with E-state index in [0.29, 0.717) is 17.0 Å². The van der Waals surface area contributed by atoms with Crippen LogP contribution in [0.4, 0.5) is 8.78 Å². The Morgan fingerprint density at radius 2 is 2.06 bits per heavy atom. The number of ether oxygens (including phenoxy) is 1. The van der Waals surface area contributed by atoms with Crippen molar-refractivity contribution in [2.45, 2.75) is 6.61 Å². The maximum absolute atomic E-state index is 11.9. The lowest BCUT2D eigenvalue weighted by atomic mass is 10.1. The molecule has 1 rings (SSSR count). The lowest BCUT2D eigenvalue weighted by molar-refractivity contribution is -0.0498. The average molecular weight is 247 g/mol. The minimum absolute atomic E-state index is 0.0835. The van der Waals surface area contributed by atoms with Crippen molar-refractivity contribution in [2.24, 2.45) is 5.16 Å². The molecular formula is C10H11F2NO2S. The zero-order valence-electron chi connectivity index (χ0n) is 8.56. The Balaban J connectivity index is 2.77. The highest BCUT2D eigenvalue weighted by atomic mass is 32.2. The van der Waals surface area contributed by atoms with Gasteiger partial charge in [-0.15, -0.1) is 0 Å². The third-order valence-corrected chi connectivity index (χ3v) is 2.38. The standard InChI is InChI=1S/C10H11F2NO2S/c1-16-6-9(13-14)7-2-4-8(5-3-7)15-10(11)12/h2-5,10,14H,6H2,1H3. The number of nitrogens with zero attached hydrogens (tertiary/aromatic N) is 1. The number of alkyl halides is 2. The van der Waals surface area contributed by atoms with E-state index in [1.807, 2.05) is 6.26 Å².